The average molecular weight is 359 g/mol. The van der Waals surface area contributed by atoms with E-state index in [9.17, 15) is 4.79 Å². The molecule has 1 aliphatic heterocycles. The van der Waals surface area contributed by atoms with Gasteiger partial charge in [0.1, 0.15) is 0 Å². The monoisotopic (exact) mass is 358 g/mol. The normalized spacial score (nSPS) is 20.3. The number of nitrogens with two attached hydrogens (primary N) is 1. The second-order valence-electron chi connectivity index (χ2n) is 6.53. The molecule has 3 rings (SSSR count). The summed E-state index contributed by atoms with van der Waals surface area (Å²) < 4.78 is 0. The lowest BCUT2D eigenvalue weighted by atomic mass is 9.86. The van der Waals surface area contributed by atoms with Gasteiger partial charge < -0.3 is 10.6 Å². The third kappa shape index (κ3) is 5.33. The number of nitrogens with zero attached hydrogens (tertiary/aromatic N) is 3. The van der Waals surface area contributed by atoms with Crippen molar-refractivity contribution in [3.8, 4) is 0 Å². The Labute approximate surface area is 148 Å². The highest BCUT2D eigenvalue weighted by Gasteiger charge is 2.24. The van der Waals surface area contributed by atoms with Crippen LogP contribution in [0.4, 0.5) is 5.13 Å². The molecule has 0 atom stereocenters. The van der Waals surface area contributed by atoms with Crippen molar-refractivity contribution >= 4 is 34.8 Å². The zero-order valence-electron chi connectivity index (χ0n) is 13.6. The van der Waals surface area contributed by atoms with Crippen LogP contribution in [0.15, 0.2) is 6.20 Å². The van der Waals surface area contributed by atoms with Gasteiger partial charge in [0, 0.05) is 50.2 Å². The van der Waals surface area contributed by atoms with E-state index in [-0.39, 0.29) is 12.4 Å². The Morgan fingerprint density at radius 1 is 1.22 bits per heavy atom. The fourth-order valence-electron chi connectivity index (χ4n) is 3.54. The molecular formula is C16H27ClN4OS. The Hall–Kier alpha value is -0.850. The standard InChI is InChI=1S/C16H26N4OS.ClH/c17-16-18-11-14(22-16)12-19-6-8-20(9-7-19)15(21)10-13-4-2-1-3-5-13;/h11,13H,1-10,12H2,(H2,17,18);1H. The minimum absolute atomic E-state index is 0. The molecule has 0 unspecified atom stereocenters. The predicted octanol–water partition coefficient (Wildman–Crippen LogP) is 2.76. The van der Waals surface area contributed by atoms with Gasteiger partial charge in [-0.15, -0.1) is 23.7 Å². The maximum Gasteiger partial charge on any atom is 0.222 e. The van der Waals surface area contributed by atoms with Gasteiger partial charge in [-0.05, 0) is 18.8 Å². The largest absolute Gasteiger partial charge is 0.375 e. The minimum atomic E-state index is 0. The van der Waals surface area contributed by atoms with E-state index in [1.165, 1.54) is 37.0 Å². The predicted molar refractivity (Wildman–Crippen MR) is 96.8 cm³/mol. The third-order valence-corrected chi connectivity index (χ3v) is 5.68. The number of piperazine rings is 1. The lowest BCUT2D eigenvalue weighted by Gasteiger charge is -2.35. The molecule has 0 radical (unpaired) electrons. The van der Waals surface area contributed by atoms with Crippen molar-refractivity contribution in [3.05, 3.63) is 11.1 Å². The summed E-state index contributed by atoms with van der Waals surface area (Å²) >= 11 is 1.56. The van der Waals surface area contributed by atoms with Gasteiger partial charge in [-0.25, -0.2) is 4.98 Å². The molecule has 2 fully saturated rings. The van der Waals surface area contributed by atoms with Gasteiger partial charge in [0.2, 0.25) is 5.91 Å². The molecule has 2 N–H and O–H groups in total. The Bertz CT molecular complexity index is 496. The van der Waals surface area contributed by atoms with Crippen LogP contribution in [-0.4, -0.2) is 46.9 Å². The summed E-state index contributed by atoms with van der Waals surface area (Å²) in [6, 6.07) is 0. The smallest absolute Gasteiger partial charge is 0.222 e. The highest BCUT2D eigenvalue weighted by atomic mass is 35.5. The van der Waals surface area contributed by atoms with Gasteiger partial charge in [-0.2, -0.15) is 0 Å². The van der Waals surface area contributed by atoms with Crippen LogP contribution in [0.3, 0.4) is 0 Å². The summed E-state index contributed by atoms with van der Waals surface area (Å²) in [5.41, 5.74) is 5.67. The molecule has 130 valence electrons. The van der Waals surface area contributed by atoms with E-state index in [1.807, 2.05) is 6.20 Å². The summed E-state index contributed by atoms with van der Waals surface area (Å²) in [5.74, 6) is 1.01. The van der Waals surface area contributed by atoms with Gasteiger partial charge in [0.05, 0.1) is 0 Å². The number of hydrogen-bond acceptors (Lipinski definition) is 5. The molecular weight excluding hydrogens is 332 g/mol. The van der Waals surface area contributed by atoms with Crippen LogP contribution in [0.5, 0.6) is 0 Å². The minimum Gasteiger partial charge on any atom is -0.375 e. The van der Waals surface area contributed by atoms with E-state index in [4.69, 9.17) is 5.73 Å². The Morgan fingerprint density at radius 2 is 1.91 bits per heavy atom. The molecule has 0 bridgehead atoms. The number of carbonyl (C=O) groups is 1. The van der Waals surface area contributed by atoms with Gasteiger partial charge in [-0.1, -0.05) is 19.3 Å². The molecule has 1 aromatic heterocycles. The van der Waals surface area contributed by atoms with E-state index < -0.39 is 0 Å². The SMILES string of the molecule is Cl.Nc1ncc(CN2CCN(C(=O)CC3CCCCC3)CC2)s1. The molecule has 0 aromatic carbocycles. The molecule has 0 spiro atoms. The maximum atomic E-state index is 12.4. The topological polar surface area (TPSA) is 62.5 Å². The number of hydrogen-bond donors (Lipinski definition) is 1. The van der Waals surface area contributed by atoms with Crippen molar-refractivity contribution in [1.29, 1.82) is 0 Å². The first-order chi connectivity index (χ1) is 10.7. The van der Waals surface area contributed by atoms with E-state index in [1.54, 1.807) is 11.3 Å². The molecule has 1 aliphatic carbocycles. The second kappa shape index (κ2) is 8.85. The summed E-state index contributed by atoms with van der Waals surface area (Å²) in [6.45, 7) is 4.53. The van der Waals surface area contributed by atoms with Gasteiger partial charge in [0.15, 0.2) is 5.13 Å². The Kier molecular flexibility index (Phi) is 7.11. The first kappa shape index (κ1) is 18.5. The molecule has 1 aromatic rings. The van der Waals surface area contributed by atoms with E-state index >= 15 is 0 Å². The summed E-state index contributed by atoms with van der Waals surface area (Å²) in [6.07, 6.45) is 9.10. The number of thiazole rings is 1. The van der Waals surface area contributed by atoms with Crippen LogP contribution in [-0.2, 0) is 11.3 Å². The van der Waals surface area contributed by atoms with Crippen molar-refractivity contribution in [2.24, 2.45) is 5.92 Å². The van der Waals surface area contributed by atoms with Crippen LogP contribution in [0.2, 0.25) is 0 Å². The van der Waals surface area contributed by atoms with Gasteiger partial charge in [0.25, 0.3) is 0 Å². The van der Waals surface area contributed by atoms with Crippen molar-refractivity contribution in [1.82, 2.24) is 14.8 Å². The fourth-order valence-corrected chi connectivity index (χ4v) is 4.27. The van der Waals surface area contributed by atoms with Gasteiger partial charge >= 0.3 is 0 Å². The number of anilines is 1. The first-order valence-corrected chi connectivity index (χ1v) is 9.22. The Balaban J connectivity index is 0.00000192. The number of amides is 1. The van der Waals surface area contributed by atoms with E-state index in [2.05, 4.69) is 14.8 Å². The quantitative estimate of drug-likeness (QED) is 0.898. The molecule has 7 heteroatoms. The number of nitrogen functional groups attached to an aromatic ring is 1. The van der Waals surface area contributed by atoms with E-state index in [0.717, 1.165) is 39.1 Å². The van der Waals surface area contributed by atoms with Crippen molar-refractivity contribution in [2.75, 3.05) is 31.9 Å². The number of halogens is 1. The molecule has 2 heterocycles. The highest BCUT2D eigenvalue weighted by Crippen LogP contribution is 2.27. The molecule has 1 saturated carbocycles. The van der Waals surface area contributed by atoms with Gasteiger partial charge in [-0.3, -0.25) is 9.69 Å². The fraction of sp³-hybridized carbons (Fsp3) is 0.750. The first-order valence-electron chi connectivity index (χ1n) is 8.41. The second-order valence-corrected chi connectivity index (χ2v) is 7.68. The average Bonchev–Trinajstić information content (AvgIpc) is 2.94. The zero-order valence-corrected chi connectivity index (χ0v) is 15.2. The molecule has 1 amide bonds. The van der Waals surface area contributed by atoms with Crippen LogP contribution in [0, 0.1) is 5.92 Å². The summed E-state index contributed by atoms with van der Waals surface area (Å²) in [4.78, 5) is 22.2. The number of rotatable bonds is 4. The number of aromatic nitrogens is 1. The third-order valence-electron chi connectivity index (χ3n) is 4.86. The molecule has 23 heavy (non-hydrogen) atoms. The summed E-state index contributed by atoms with van der Waals surface area (Å²) in [7, 11) is 0. The zero-order chi connectivity index (χ0) is 15.4. The van der Waals surface area contributed by atoms with Crippen molar-refractivity contribution in [2.45, 2.75) is 45.1 Å². The van der Waals surface area contributed by atoms with Crippen LogP contribution in [0.25, 0.3) is 0 Å². The van der Waals surface area contributed by atoms with E-state index in [0.29, 0.717) is 17.0 Å². The van der Waals surface area contributed by atoms with Crippen LogP contribution >= 0.6 is 23.7 Å². The molecule has 1 saturated heterocycles. The maximum absolute atomic E-state index is 12.4. The van der Waals surface area contributed by atoms with Crippen molar-refractivity contribution < 1.29 is 4.79 Å². The van der Waals surface area contributed by atoms with Crippen LogP contribution < -0.4 is 5.73 Å². The Morgan fingerprint density at radius 3 is 2.52 bits per heavy atom. The molecule has 5 nitrogen and oxygen atoms in total. The molecule has 2 aliphatic rings. The van der Waals surface area contributed by atoms with Crippen molar-refractivity contribution in [3.63, 3.8) is 0 Å². The highest BCUT2D eigenvalue weighted by molar-refractivity contribution is 7.15. The lowest BCUT2D eigenvalue weighted by Crippen LogP contribution is -2.48. The lowest BCUT2D eigenvalue weighted by molar-refractivity contribution is -0.134. The van der Waals surface area contributed by atoms with Crippen LogP contribution in [0.1, 0.15) is 43.4 Å². The number of carbonyl (C=O) groups excluding carboxylic acids is 1. The summed E-state index contributed by atoms with van der Waals surface area (Å²) in [5, 5.41) is 0.635.